The number of hydrogen-bond donors (Lipinski definition) is 0. The van der Waals surface area contributed by atoms with Gasteiger partial charge in [-0.2, -0.15) is 0 Å². The molecule has 1 amide bonds. The van der Waals surface area contributed by atoms with Gasteiger partial charge in [0, 0.05) is 18.0 Å². The number of thiazole rings is 1. The zero-order chi connectivity index (χ0) is 16.7. The Labute approximate surface area is 140 Å². The minimum Gasteiger partial charge on any atom is -0.361 e. The van der Waals surface area contributed by atoms with E-state index in [0.717, 1.165) is 52.0 Å². The van der Waals surface area contributed by atoms with Gasteiger partial charge in [-0.25, -0.2) is 4.98 Å². The lowest BCUT2D eigenvalue weighted by Gasteiger charge is -2.24. The lowest BCUT2D eigenvalue weighted by molar-refractivity contribution is 0.0738. The summed E-state index contributed by atoms with van der Waals surface area (Å²) in [4.78, 5) is 20.4. The zero-order valence-corrected chi connectivity index (χ0v) is 15.2. The number of carbonyl (C=O) groups is 1. The number of hydrogen-bond acceptors (Lipinski definition) is 5. The molecule has 0 unspecified atom stereocenters. The van der Waals surface area contributed by atoms with E-state index in [0.29, 0.717) is 5.92 Å². The quantitative estimate of drug-likeness (QED) is 0.846. The van der Waals surface area contributed by atoms with Gasteiger partial charge in [0.05, 0.1) is 22.4 Å². The number of carbonyl (C=O) groups excluding carboxylic acids is 1. The fourth-order valence-corrected chi connectivity index (χ4v) is 4.29. The highest BCUT2D eigenvalue weighted by Gasteiger charge is 2.35. The van der Waals surface area contributed by atoms with Gasteiger partial charge in [-0.15, -0.1) is 11.3 Å². The normalized spacial score (nSPS) is 18.2. The molecule has 1 atom stereocenters. The van der Waals surface area contributed by atoms with Gasteiger partial charge < -0.3 is 9.42 Å². The van der Waals surface area contributed by atoms with Gasteiger partial charge in [-0.05, 0) is 33.6 Å². The summed E-state index contributed by atoms with van der Waals surface area (Å²) in [5, 5.41) is 5.08. The number of amides is 1. The van der Waals surface area contributed by atoms with E-state index >= 15 is 0 Å². The van der Waals surface area contributed by atoms with E-state index in [1.165, 1.54) is 11.3 Å². The van der Waals surface area contributed by atoms with Crippen LogP contribution in [0.1, 0.15) is 76.0 Å². The monoisotopic (exact) mass is 333 g/mol. The summed E-state index contributed by atoms with van der Waals surface area (Å²) in [6.07, 6.45) is 1.97. The highest BCUT2D eigenvalue weighted by molar-refractivity contribution is 7.13. The molecule has 0 spiro atoms. The van der Waals surface area contributed by atoms with Crippen LogP contribution in [0.15, 0.2) is 4.52 Å². The molecule has 6 heteroatoms. The molecule has 2 aromatic rings. The number of likely N-dealkylation sites (tertiary alicyclic amines) is 1. The van der Waals surface area contributed by atoms with Gasteiger partial charge >= 0.3 is 0 Å². The summed E-state index contributed by atoms with van der Waals surface area (Å²) >= 11 is 1.53. The first-order valence-electron chi connectivity index (χ1n) is 8.11. The SMILES string of the molecule is Cc1nc(C(C)C)sc1C(=O)N1CCC[C@H]1c1c(C)noc1C. The third-order valence-electron chi connectivity index (χ3n) is 4.44. The van der Waals surface area contributed by atoms with Crippen molar-refractivity contribution in [2.45, 2.75) is 59.4 Å². The van der Waals surface area contributed by atoms with E-state index in [-0.39, 0.29) is 11.9 Å². The lowest BCUT2D eigenvalue weighted by atomic mass is 10.0. The minimum atomic E-state index is 0.0674. The predicted octanol–water partition coefficient (Wildman–Crippen LogP) is 4.16. The van der Waals surface area contributed by atoms with Gasteiger partial charge in [0.25, 0.3) is 5.91 Å². The van der Waals surface area contributed by atoms with E-state index in [2.05, 4.69) is 24.0 Å². The molecule has 1 aliphatic rings. The molecule has 3 heterocycles. The van der Waals surface area contributed by atoms with Crippen LogP contribution < -0.4 is 0 Å². The van der Waals surface area contributed by atoms with E-state index in [4.69, 9.17) is 4.52 Å². The average Bonchev–Trinajstić information content (AvgIpc) is 3.18. The van der Waals surface area contributed by atoms with Crippen LogP contribution in [-0.4, -0.2) is 27.5 Å². The van der Waals surface area contributed by atoms with Crippen LogP contribution in [0.5, 0.6) is 0 Å². The van der Waals surface area contributed by atoms with Gasteiger partial charge in [-0.3, -0.25) is 4.79 Å². The van der Waals surface area contributed by atoms with Crippen molar-refractivity contribution in [2.24, 2.45) is 0 Å². The molecule has 3 rings (SSSR count). The van der Waals surface area contributed by atoms with Crippen molar-refractivity contribution in [3.05, 3.63) is 32.6 Å². The van der Waals surface area contributed by atoms with Crippen LogP contribution in [0.4, 0.5) is 0 Å². The second-order valence-electron chi connectivity index (χ2n) is 6.52. The van der Waals surface area contributed by atoms with Crippen LogP contribution in [0.25, 0.3) is 0 Å². The maximum Gasteiger partial charge on any atom is 0.266 e. The molecular weight excluding hydrogens is 310 g/mol. The van der Waals surface area contributed by atoms with Crippen molar-refractivity contribution in [1.82, 2.24) is 15.0 Å². The maximum absolute atomic E-state index is 13.1. The number of aryl methyl sites for hydroxylation is 3. The van der Waals surface area contributed by atoms with E-state index in [1.807, 2.05) is 25.7 Å². The van der Waals surface area contributed by atoms with E-state index in [1.54, 1.807) is 0 Å². The Kier molecular flexibility index (Phi) is 4.27. The Bertz CT molecular complexity index is 713. The molecule has 1 aliphatic heterocycles. The molecule has 0 radical (unpaired) electrons. The van der Waals surface area contributed by atoms with E-state index in [9.17, 15) is 4.79 Å². The molecule has 0 bridgehead atoms. The molecule has 1 fully saturated rings. The van der Waals surface area contributed by atoms with Crippen LogP contribution >= 0.6 is 11.3 Å². The Morgan fingerprint density at radius 3 is 2.61 bits per heavy atom. The second kappa shape index (κ2) is 6.07. The smallest absolute Gasteiger partial charge is 0.266 e. The topological polar surface area (TPSA) is 59.2 Å². The Morgan fingerprint density at radius 1 is 1.30 bits per heavy atom. The standard InChI is InChI=1S/C17H23N3O2S/c1-9(2)16-18-11(4)15(23-16)17(21)20-8-6-7-13(20)14-10(3)19-22-12(14)5/h9,13H,6-8H2,1-5H3/t13-/m0/s1. The fraction of sp³-hybridized carbons (Fsp3) is 0.588. The van der Waals surface area contributed by atoms with E-state index < -0.39 is 0 Å². The van der Waals surface area contributed by atoms with Crippen LogP contribution in [-0.2, 0) is 0 Å². The second-order valence-corrected chi connectivity index (χ2v) is 7.55. The molecular formula is C17H23N3O2S. The Balaban J connectivity index is 1.93. The molecule has 124 valence electrons. The first-order chi connectivity index (χ1) is 10.9. The predicted molar refractivity (Wildman–Crippen MR) is 89.9 cm³/mol. The third-order valence-corrected chi connectivity index (χ3v) is 5.88. The lowest BCUT2D eigenvalue weighted by Crippen LogP contribution is -2.30. The van der Waals surface area contributed by atoms with Crippen molar-refractivity contribution in [3.63, 3.8) is 0 Å². The van der Waals surface area contributed by atoms with Crippen molar-refractivity contribution in [2.75, 3.05) is 6.54 Å². The van der Waals surface area contributed by atoms with Crippen LogP contribution in [0.2, 0.25) is 0 Å². The molecule has 2 aromatic heterocycles. The van der Waals surface area contributed by atoms with Crippen molar-refractivity contribution in [1.29, 1.82) is 0 Å². The summed E-state index contributed by atoms with van der Waals surface area (Å²) in [6.45, 7) is 10.8. The zero-order valence-electron chi connectivity index (χ0n) is 14.3. The van der Waals surface area contributed by atoms with Gasteiger partial charge in [-0.1, -0.05) is 19.0 Å². The molecule has 0 aromatic carbocycles. The molecule has 1 saturated heterocycles. The number of nitrogens with zero attached hydrogens (tertiary/aromatic N) is 3. The Morgan fingerprint density at radius 2 is 2.04 bits per heavy atom. The molecule has 5 nitrogen and oxygen atoms in total. The summed E-state index contributed by atoms with van der Waals surface area (Å²) in [7, 11) is 0. The highest BCUT2D eigenvalue weighted by Crippen LogP contribution is 2.37. The van der Waals surface area contributed by atoms with Gasteiger partial charge in [0.15, 0.2) is 0 Å². The largest absolute Gasteiger partial charge is 0.361 e. The van der Waals surface area contributed by atoms with Gasteiger partial charge in [0.2, 0.25) is 0 Å². The molecule has 23 heavy (non-hydrogen) atoms. The average molecular weight is 333 g/mol. The van der Waals surface area contributed by atoms with Crippen LogP contribution in [0, 0.1) is 20.8 Å². The summed E-state index contributed by atoms with van der Waals surface area (Å²) < 4.78 is 5.30. The number of aromatic nitrogens is 2. The summed E-state index contributed by atoms with van der Waals surface area (Å²) in [6, 6.07) is 0.0674. The minimum absolute atomic E-state index is 0.0674. The Hall–Kier alpha value is -1.69. The van der Waals surface area contributed by atoms with Crippen molar-refractivity contribution < 1.29 is 9.32 Å². The molecule has 0 N–H and O–H groups in total. The third kappa shape index (κ3) is 2.80. The molecule has 0 aliphatic carbocycles. The van der Waals surface area contributed by atoms with Crippen molar-refractivity contribution >= 4 is 17.2 Å². The first-order valence-corrected chi connectivity index (χ1v) is 8.92. The summed E-state index contributed by atoms with van der Waals surface area (Å²) in [5.74, 6) is 1.25. The fourth-order valence-electron chi connectivity index (χ4n) is 3.27. The van der Waals surface area contributed by atoms with Crippen LogP contribution in [0.3, 0.4) is 0 Å². The summed E-state index contributed by atoms with van der Waals surface area (Å²) in [5.41, 5.74) is 2.80. The van der Waals surface area contributed by atoms with Gasteiger partial charge in [0.1, 0.15) is 10.6 Å². The first kappa shape index (κ1) is 16.2. The maximum atomic E-state index is 13.1. The number of rotatable bonds is 3. The molecule has 0 saturated carbocycles. The highest BCUT2D eigenvalue weighted by atomic mass is 32.1. The van der Waals surface area contributed by atoms with Crippen molar-refractivity contribution in [3.8, 4) is 0 Å².